The van der Waals surface area contributed by atoms with Gasteiger partial charge in [0.15, 0.2) is 0 Å². The fourth-order valence-corrected chi connectivity index (χ4v) is 1.02. The van der Waals surface area contributed by atoms with E-state index in [0.29, 0.717) is 0 Å². The molecule has 0 aliphatic rings. The van der Waals surface area contributed by atoms with E-state index >= 15 is 0 Å². The Kier molecular flexibility index (Phi) is 7.96. The maximum Gasteiger partial charge on any atom is 0.0930 e. The van der Waals surface area contributed by atoms with Gasteiger partial charge >= 0.3 is 0 Å². The highest BCUT2D eigenvalue weighted by Crippen LogP contribution is 2.04. The van der Waals surface area contributed by atoms with Crippen molar-refractivity contribution in [2.24, 2.45) is 0 Å². The van der Waals surface area contributed by atoms with E-state index in [2.05, 4.69) is 0 Å². The van der Waals surface area contributed by atoms with E-state index in [9.17, 15) is 5.11 Å². The third kappa shape index (κ3) is 7.82. The molecule has 67 valence electrons. The Morgan fingerprint density at radius 2 is 2.00 bits per heavy atom. The summed E-state index contributed by atoms with van der Waals surface area (Å²) >= 11 is 0. The lowest BCUT2D eigenvalue weighted by atomic mass is 10.1. The largest absolute Gasteiger partial charge is 0.382 e. The van der Waals surface area contributed by atoms with Crippen molar-refractivity contribution in [3.8, 4) is 0 Å². The fraction of sp³-hybridized carbons (Fsp3) is 1.00. The molecule has 0 amide bonds. The van der Waals surface area contributed by atoms with E-state index < -0.39 is 0 Å². The Balaban J connectivity index is 2.97. The second-order valence-corrected chi connectivity index (χ2v) is 2.75. The van der Waals surface area contributed by atoms with Gasteiger partial charge < -0.3 is 4.74 Å². The molecule has 11 heavy (non-hydrogen) atoms. The second kappa shape index (κ2) is 8.02. The molecule has 0 heterocycles. The summed E-state index contributed by atoms with van der Waals surface area (Å²) in [6.45, 7) is 5.53. The minimum Gasteiger partial charge on any atom is -0.382 e. The molecule has 0 aromatic carbocycles. The van der Waals surface area contributed by atoms with Gasteiger partial charge in [-0.1, -0.05) is 13.3 Å². The van der Waals surface area contributed by atoms with Crippen molar-refractivity contribution in [3.05, 3.63) is 0 Å². The van der Waals surface area contributed by atoms with Crippen molar-refractivity contribution in [2.45, 2.75) is 45.6 Å². The van der Waals surface area contributed by atoms with Crippen LogP contribution in [0, 0.1) is 0 Å². The SMILES string of the molecule is CCCC([O])CCCOCC. The lowest BCUT2D eigenvalue weighted by molar-refractivity contribution is 0.0586. The molecule has 0 aromatic heterocycles. The van der Waals surface area contributed by atoms with Crippen molar-refractivity contribution < 1.29 is 9.84 Å². The molecule has 0 fully saturated rings. The molecular formula is C9H19O2. The Bertz CT molecular complexity index is 74.0. The van der Waals surface area contributed by atoms with Crippen LogP contribution in [0.25, 0.3) is 0 Å². The van der Waals surface area contributed by atoms with Crippen molar-refractivity contribution >= 4 is 0 Å². The summed E-state index contributed by atoms with van der Waals surface area (Å²) in [7, 11) is 0. The molecule has 0 aromatic rings. The molecule has 0 N–H and O–H groups in total. The highest BCUT2D eigenvalue weighted by molar-refractivity contribution is 4.53. The Morgan fingerprint density at radius 3 is 2.55 bits per heavy atom. The van der Waals surface area contributed by atoms with Crippen LogP contribution in [0.3, 0.4) is 0 Å². The minimum absolute atomic E-state index is 0.361. The van der Waals surface area contributed by atoms with Crippen molar-refractivity contribution in [2.75, 3.05) is 13.2 Å². The summed E-state index contributed by atoms with van der Waals surface area (Å²) in [5.74, 6) is 0. The van der Waals surface area contributed by atoms with Gasteiger partial charge in [0.25, 0.3) is 0 Å². The molecule has 0 saturated heterocycles. The Hall–Kier alpha value is -0.0800. The summed E-state index contributed by atoms with van der Waals surface area (Å²) < 4.78 is 5.12. The summed E-state index contributed by atoms with van der Waals surface area (Å²) in [5.41, 5.74) is 0. The third-order valence-corrected chi connectivity index (χ3v) is 1.63. The first-order valence-corrected chi connectivity index (χ1v) is 4.54. The van der Waals surface area contributed by atoms with E-state index in [1.54, 1.807) is 0 Å². The number of hydrogen-bond donors (Lipinski definition) is 0. The van der Waals surface area contributed by atoms with Crippen LogP contribution < -0.4 is 0 Å². The van der Waals surface area contributed by atoms with Crippen molar-refractivity contribution in [1.29, 1.82) is 0 Å². The van der Waals surface area contributed by atoms with Crippen LogP contribution in [0.1, 0.15) is 39.5 Å². The topological polar surface area (TPSA) is 29.1 Å². The molecule has 0 aliphatic carbocycles. The lowest BCUT2D eigenvalue weighted by Gasteiger charge is -2.05. The quantitative estimate of drug-likeness (QED) is 0.524. The molecule has 0 bridgehead atoms. The summed E-state index contributed by atoms with van der Waals surface area (Å²) in [6.07, 6.45) is 3.14. The standard InChI is InChI=1S/C9H19O2/c1-3-6-9(10)7-5-8-11-4-2/h9H,3-8H2,1-2H3. The molecule has 2 nitrogen and oxygen atoms in total. The molecule has 1 radical (unpaired) electrons. The van der Waals surface area contributed by atoms with E-state index in [-0.39, 0.29) is 6.10 Å². The fourth-order valence-electron chi connectivity index (χ4n) is 1.02. The summed E-state index contributed by atoms with van der Waals surface area (Å²) in [5, 5.41) is 11.0. The average Bonchev–Trinajstić information content (AvgIpc) is 1.99. The molecule has 0 aliphatic heterocycles. The van der Waals surface area contributed by atoms with Gasteiger partial charge in [0.2, 0.25) is 0 Å². The first-order chi connectivity index (χ1) is 5.31. The smallest absolute Gasteiger partial charge is 0.0930 e. The molecule has 2 heteroatoms. The summed E-state index contributed by atoms with van der Waals surface area (Å²) in [6, 6.07) is 0. The van der Waals surface area contributed by atoms with E-state index in [4.69, 9.17) is 4.74 Å². The average molecular weight is 159 g/mol. The second-order valence-electron chi connectivity index (χ2n) is 2.75. The first kappa shape index (κ1) is 10.9. The van der Waals surface area contributed by atoms with Gasteiger partial charge in [-0.2, -0.15) is 0 Å². The predicted molar refractivity (Wildman–Crippen MR) is 45.1 cm³/mol. The maximum absolute atomic E-state index is 11.0. The van der Waals surface area contributed by atoms with Gasteiger partial charge in [0.1, 0.15) is 0 Å². The molecular weight excluding hydrogens is 140 g/mol. The van der Waals surface area contributed by atoms with Crippen LogP contribution in [0.2, 0.25) is 0 Å². The first-order valence-electron chi connectivity index (χ1n) is 4.54. The predicted octanol–water partition coefficient (Wildman–Crippen LogP) is 2.40. The van der Waals surface area contributed by atoms with E-state index in [0.717, 1.165) is 38.9 Å². The van der Waals surface area contributed by atoms with Crippen LogP contribution >= 0.6 is 0 Å². The van der Waals surface area contributed by atoms with Gasteiger partial charge in [-0.15, -0.1) is 0 Å². The Morgan fingerprint density at radius 1 is 1.27 bits per heavy atom. The molecule has 1 atom stereocenters. The van der Waals surface area contributed by atoms with Gasteiger partial charge in [0.05, 0.1) is 6.10 Å². The highest BCUT2D eigenvalue weighted by Gasteiger charge is 2.02. The zero-order valence-corrected chi connectivity index (χ0v) is 7.64. The van der Waals surface area contributed by atoms with Gasteiger partial charge in [0, 0.05) is 13.2 Å². The minimum atomic E-state index is -0.361. The molecule has 0 rings (SSSR count). The van der Waals surface area contributed by atoms with Crippen LogP contribution in [0.5, 0.6) is 0 Å². The molecule has 0 saturated carbocycles. The molecule has 1 unspecified atom stereocenters. The van der Waals surface area contributed by atoms with Crippen LogP contribution in [-0.2, 0) is 9.84 Å². The van der Waals surface area contributed by atoms with Crippen molar-refractivity contribution in [3.63, 3.8) is 0 Å². The molecule has 0 spiro atoms. The lowest BCUT2D eigenvalue weighted by Crippen LogP contribution is -2.05. The van der Waals surface area contributed by atoms with E-state index in [1.165, 1.54) is 0 Å². The summed E-state index contributed by atoms with van der Waals surface area (Å²) in [4.78, 5) is 0. The van der Waals surface area contributed by atoms with E-state index in [1.807, 2.05) is 13.8 Å². The van der Waals surface area contributed by atoms with Gasteiger partial charge in [-0.05, 0) is 26.2 Å². The zero-order valence-electron chi connectivity index (χ0n) is 7.64. The number of ether oxygens (including phenoxy) is 1. The monoisotopic (exact) mass is 159 g/mol. The highest BCUT2D eigenvalue weighted by atomic mass is 16.5. The normalized spacial score (nSPS) is 13.4. The van der Waals surface area contributed by atoms with Gasteiger partial charge in [-0.25, -0.2) is 5.11 Å². The van der Waals surface area contributed by atoms with Crippen LogP contribution in [-0.4, -0.2) is 19.3 Å². The number of rotatable bonds is 7. The zero-order chi connectivity index (χ0) is 8.53. The Labute approximate surface area is 69.6 Å². The number of hydrogen-bond acceptors (Lipinski definition) is 1. The van der Waals surface area contributed by atoms with Crippen molar-refractivity contribution in [1.82, 2.24) is 0 Å². The maximum atomic E-state index is 11.0. The third-order valence-electron chi connectivity index (χ3n) is 1.63. The van der Waals surface area contributed by atoms with Gasteiger partial charge in [-0.3, -0.25) is 0 Å². The van der Waals surface area contributed by atoms with Crippen LogP contribution in [0.4, 0.5) is 0 Å². The van der Waals surface area contributed by atoms with Crippen LogP contribution in [0.15, 0.2) is 0 Å².